The Kier molecular flexibility index (Phi) is 8.18. The SMILES string of the molecule is COc1ccc(S(=O)(=O)N2CCC(C(=O)NCCC3CCN(C)CC3)CC2)cc1OC. The predicted octanol–water partition coefficient (Wildman–Crippen LogP) is 1.95. The molecule has 0 spiro atoms. The van der Waals surface area contributed by atoms with Crippen LogP contribution in [0.25, 0.3) is 0 Å². The molecule has 0 unspecified atom stereocenters. The lowest BCUT2D eigenvalue weighted by Gasteiger charge is -2.31. The lowest BCUT2D eigenvalue weighted by atomic mass is 9.93. The summed E-state index contributed by atoms with van der Waals surface area (Å²) in [5.41, 5.74) is 0. The molecule has 0 aromatic heterocycles. The van der Waals surface area contributed by atoms with Gasteiger partial charge in [0, 0.05) is 31.6 Å². The maximum atomic E-state index is 13.0. The Bertz CT molecular complexity index is 845. The fraction of sp³-hybridized carbons (Fsp3) is 0.682. The van der Waals surface area contributed by atoms with Gasteiger partial charge in [-0.2, -0.15) is 4.31 Å². The van der Waals surface area contributed by atoms with Crippen LogP contribution >= 0.6 is 0 Å². The zero-order chi connectivity index (χ0) is 22.4. The lowest BCUT2D eigenvalue weighted by Crippen LogP contribution is -2.43. The largest absolute Gasteiger partial charge is 0.493 e. The number of piperidine rings is 2. The lowest BCUT2D eigenvalue weighted by molar-refractivity contribution is -0.126. The summed E-state index contributed by atoms with van der Waals surface area (Å²) >= 11 is 0. The molecule has 2 heterocycles. The van der Waals surface area contributed by atoms with Crippen LogP contribution in [0.1, 0.15) is 32.1 Å². The number of nitrogens with zero attached hydrogens (tertiary/aromatic N) is 2. The number of methoxy groups -OCH3 is 2. The van der Waals surface area contributed by atoms with E-state index in [1.165, 1.54) is 43.5 Å². The van der Waals surface area contributed by atoms with Gasteiger partial charge in [-0.15, -0.1) is 0 Å². The van der Waals surface area contributed by atoms with Crippen molar-refractivity contribution >= 4 is 15.9 Å². The summed E-state index contributed by atoms with van der Waals surface area (Å²) in [4.78, 5) is 15.1. The molecule has 9 heteroatoms. The molecule has 1 aromatic carbocycles. The zero-order valence-corrected chi connectivity index (χ0v) is 19.6. The van der Waals surface area contributed by atoms with Gasteiger partial charge < -0.3 is 19.7 Å². The smallest absolute Gasteiger partial charge is 0.243 e. The molecule has 174 valence electrons. The van der Waals surface area contributed by atoms with Crippen LogP contribution in [-0.2, 0) is 14.8 Å². The molecule has 2 aliphatic heterocycles. The number of amides is 1. The van der Waals surface area contributed by atoms with Crippen molar-refractivity contribution in [2.45, 2.75) is 37.0 Å². The quantitative estimate of drug-likeness (QED) is 0.647. The summed E-state index contributed by atoms with van der Waals surface area (Å²) in [7, 11) is 1.49. The van der Waals surface area contributed by atoms with Crippen molar-refractivity contribution in [2.24, 2.45) is 11.8 Å². The van der Waals surface area contributed by atoms with Crippen molar-refractivity contribution in [3.63, 3.8) is 0 Å². The number of sulfonamides is 1. The van der Waals surface area contributed by atoms with Crippen molar-refractivity contribution < 1.29 is 22.7 Å². The van der Waals surface area contributed by atoms with E-state index < -0.39 is 10.0 Å². The average molecular weight is 454 g/mol. The molecule has 3 rings (SSSR count). The van der Waals surface area contributed by atoms with Crippen molar-refractivity contribution in [2.75, 3.05) is 54.0 Å². The van der Waals surface area contributed by atoms with Crippen molar-refractivity contribution in [3.8, 4) is 11.5 Å². The number of likely N-dealkylation sites (tertiary alicyclic amines) is 1. The van der Waals surface area contributed by atoms with E-state index in [4.69, 9.17) is 9.47 Å². The van der Waals surface area contributed by atoms with Gasteiger partial charge >= 0.3 is 0 Å². The van der Waals surface area contributed by atoms with E-state index in [2.05, 4.69) is 17.3 Å². The number of hydrogen-bond acceptors (Lipinski definition) is 6. The molecule has 2 saturated heterocycles. The molecule has 0 atom stereocenters. The van der Waals surface area contributed by atoms with Crippen LogP contribution < -0.4 is 14.8 Å². The van der Waals surface area contributed by atoms with Crippen LogP contribution in [0.15, 0.2) is 23.1 Å². The molecule has 1 aromatic rings. The maximum Gasteiger partial charge on any atom is 0.243 e. The number of hydrogen-bond donors (Lipinski definition) is 1. The third-order valence-electron chi connectivity index (χ3n) is 6.51. The van der Waals surface area contributed by atoms with Crippen molar-refractivity contribution in [3.05, 3.63) is 18.2 Å². The van der Waals surface area contributed by atoms with Gasteiger partial charge in [-0.05, 0) is 70.3 Å². The normalized spacial score (nSPS) is 19.8. The summed E-state index contributed by atoms with van der Waals surface area (Å²) in [6, 6.07) is 4.60. The summed E-state index contributed by atoms with van der Waals surface area (Å²) in [5, 5.41) is 3.07. The average Bonchev–Trinajstić information content (AvgIpc) is 2.79. The fourth-order valence-electron chi connectivity index (χ4n) is 4.38. The number of ether oxygens (including phenoxy) is 2. The first kappa shape index (κ1) is 23.8. The molecule has 0 aliphatic carbocycles. The first-order chi connectivity index (χ1) is 14.8. The summed E-state index contributed by atoms with van der Waals surface area (Å²) in [5.74, 6) is 1.47. The molecule has 0 saturated carbocycles. The third-order valence-corrected chi connectivity index (χ3v) is 8.40. The molecule has 8 nitrogen and oxygen atoms in total. The number of benzene rings is 1. The Labute approximate surface area is 185 Å². The fourth-order valence-corrected chi connectivity index (χ4v) is 5.86. The van der Waals surface area contributed by atoms with E-state index in [-0.39, 0.29) is 16.7 Å². The third kappa shape index (κ3) is 5.90. The Hall–Kier alpha value is -1.84. The predicted molar refractivity (Wildman–Crippen MR) is 119 cm³/mol. The Morgan fingerprint density at radius 1 is 1.03 bits per heavy atom. The summed E-state index contributed by atoms with van der Waals surface area (Å²) < 4.78 is 37.9. The van der Waals surface area contributed by atoms with E-state index in [9.17, 15) is 13.2 Å². The Balaban J connectivity index is 1.48. The highest BCUT2D eigenvalue weighted by Gasteiger charge is 2.32. The number of carbonyl (C=O) groups excluding carboxylic acids is 1. The monoisotopic (exact) mass is 453 g/mol. The van der Waals surface area contributed by atoms with Gasteiger partial charge in [0.05, 0.1) is 19.1 Å². The van der Waals surface area contributed by atoms with Gasteiger partial charge in [-0.3, -0.25) is 4.79 Å². The van der Waals surface area contributed by atoms with Crippen molar-refractivity contribution in [1.82, 2.24) is 14.5 Å². The number of rotatable bonds is 8. The first-order valence-electron chi connectivity index (χ1n) is 11.0. The molecule has 2 fully saturated rings. The van der Waals surface area contributed by atoms with Crippen LogP contribution in [-0.4, -0.2) is 77.5 Å². The van der Waals surface area contributed by atoms with E-state index in [0.717, 1.165) is 19.5 Å². The van der Waals surface area contributed by atoms with Crippen LogP contribution in [0.2, 0.25) is 0 Å². The van der Waals surface area contributed by atoms with E-state index in [1.807, 2.05) is 0 Å². The molecule has 31 heavy (non-hydrogen) atoms. The van der Waals surface area contributed by atoms with Gasteiger partial charge in [0.25, 0.3) is 0 Å². The Morgan fingerprint density at radius 3 is 2.29 bits per heavy atom. The second kappa shape index (κ2) is 10.7. The van der Waals surface area contributed by atoms with Crippen LogP contribution in [0.5, 0.6) is 11.5 Å². The van der Waals surface area contributed by atoms with Gasteiger partial charge in [0.15, 0.2) is 11.5 Å². The van der Waals surface area contributed by atoms with Crippen LogP contribution in [0, 0.1) is 11.8 Å². The minimum atomic E-state index is -3.64. The summed E-state index contributed by atoms with van der Waals surface area (Å²) in [6.45, 7) is 3.64. The van der Waals surface area contributed by atoms with Gasteiger partial charge in [0.2, 0.25) is 15.9 Å². The van der Waals surface area contributed by atoms with Gasteiger partial charge in [0.1, 0.15) is 0 Å². The zero-order valence-electron chi connectivity index (χ0n) is 18.8. The van der Waals surface area contributed by atoms with Crippen LogP contribution in [0.4, 0.5) is 0 Å². The van der Waals surface area contributed by atoms with Gasteiger partial charge in [-0.25, -0.2) is 8.42 Å². The highest BCUT2D eigenvalue weighted by molar-refractivity contribution is 7.89. The molecular weight excluding hydrogens is 418 g/mol. The molecule has 0 bridgehead atoms. The minimum Gasteiger partial charge on any atom is -0.493 e. The van der Waals surface area contributed by atoms with E-state index in [0.29, 0.717) is 49.9 Å². The topological polar surface area (TPSA) is 88.2 Å². The number of carbonyl (C=O) groups is 1. The van der Waals surface area contributed by atoms with Crippen LogP contribution in [0.3, 0.4) is 0 Å². The maximum absolute atomic E-state index is 13.0. The second-order valence-electron chi connectivity index (χ2n) is 8.52. The molecular formula is C22H35N3O5S. The highest BCUT2D eigenvalue weighted by atomic mass is 32.2. The molecule has 1 amide bonds. The van der Waals surface area contributed by atoms with E-state index in [1.54, 1.807) is 6.07 Å². The van der Waals surface area contributed by atoms with E-state index >= 15 is 0 Å². The molecule has 2 aliphatic rings. The molecule has 0 radical (unpaired) electrons. The first-order valence-corrected chi connectivity index (χ1v) is 12.5. The summed E-state index contributed by atoms with van der Waals surface area (Å²) in [6.07, 6.45) is 4.47. The minimum absolute atomic E-state index is 0.0519. The standard InChI is InChI=1S/C22H35N3O5S/c1-24-12-7-17(8-13-24)6-11-23-22(26)18-9-14-25(15-10-18)31(27,28)19-4-5-20(29-2)21(16-19)30-3/h4-5,16-18H,6-15H2,1-3H3,(H,23,26). The number of nitrogens with one attached hydrogen (secondary N) is 1. The second-order valence-corrected chi connectivity index (χ2v) is 10.5. The van der Waals surface area contributed by atoms with Gasteiger partial charge in [-0.1, -0.05) is 0 Å². The van der Waals surface area contributed by atoms with Crippen molar-refractivity contribution in [1.29, 1.82) is 0 Å². The molecule has 1 N–H and O–H groups in total. The Morgan fingerprint density at radius 2 is 1.68 bits per heavy atom. The highest BCUT2D eigenvalue weighted by Crippen LogP contribution is 2.32.